The van der Waals surface area contributed by atoms with Gasteiger partial charge in [-0.2, -0.15) is 0 Å². The molecule has 1 atom stereocenters. The van der Waals surface area contributed by atoms with E-state index in [1.165, 1.54) is 22.7 Å². The average molecular weight is 227 g/mol. The van der Waals surface area contributed by atoms with Crippen LogP contribution in [0.2, 0.25) is 0 Å². The second-order valence-corrected chi connectivity index (χ2v) is 4.17. The molecule has 2 heterocycles. The molecule has 74 valence electrons. The molecule has 0 saturated carbocycles. The predicted molar refractivity (Wildman–Crippen MR) is 56.8 cm³/mol. The summed E-state index contributed by atoms with van der Waals surface area (Å²) in [6.45, 7) is 0. The average Bonchev–Trinajstić information content (AvgIpc) is 2.88. The Balaban J connectivity index is 2.23. The fourth-order valence-corrected chi connectivity index (χ4v) is 2.30. The second-order valence-electron chi connectivity index (χ2n) is 2.63. The van der Waals surface area contributed by atoms with E-state index in [9.17, 15) is 0 Å². The number of methoxy groups -OCH3 is 1. The molecule has 0 spiro atoms. The molecule has 6 heteroatoms. The number of aromatic nitrogens is 2. The zero-order valence-corrected chi connectivity index (χ0v) is 9.14. The van der Waals surface area contributed by atoms with Crippen LogP contribution < -0.4 is 10.5 Å². The summed E-state index contributed by atoms with van der Waals surface area (Å²) in [6.07, 6.45) is 0. The maximum atomic E-state index is 5.96. The van der Waals surface area contributed by atoms with E-state index in [0.717, 1.165) is 11.4 Å². The lowest BCUT2D eigenvalue weighted by Crippen LogP contribution is -2.12. The Morgan fingerprint density at radius 1 is 1.43 bits per heavy atom. The number of hydrogen-bond donors (Lipinski definition) is 1. The van der Waals surface area contributed by atoms with Gasteiger partial charge in [0.05, 0.1) is 30.1 Å². The van der Waals surface area contributed by atoms with E-state index in [1.807, 2.05) is 10.8 Å². The van der Waals surface area contributed by atoms with Crippen LogP contribution in [0.4, 0.5) is 0 Å². The first-order chi connectivity index (χ1) is 6.81. The quantitative estimate of drug-likeness (QED) is 0.866. The molecule has 2 aromatic heterocycles. The van der Waals surface area contributed by atoms with Crippen LogP contribution in [0.15, 0.2) is 16.3 Å². The number of rotatable bonds is 3. The number of thiazole rings is 2. The molecule has 0 saturated heterocycles. The lowest BCUT2D eigenvalue weighted by Gasteiger charge is -2.03. The SMILES string of the molecule is COc1nc(C(N)c2cscn2)cs1. The van der Waals surface area contributed by atoms with Crippen molar-refractivity contribution < 1.29 is 4.74 Å². The van der Waals surface area contributed by atoms with Crippen molar-refractivity contribution in [2.75, 3.05) is 7.11 Å². The van der Waals surface area contributed by atoms with Crippen molar-refractivity contribution in [3.05, 3.63) is 27.7 Å². The summed E-state index contributed by atoms with van der Waals surface area (Å²) < 4.78 is 5.00. The Kier molecular flexibility index (Phi) is 2.76. The third-order valence-electron chi connectivity index (χ3n) is 1.76. The van der Waals surface area contributed by atoms with Crippen LogP contribution in [-0.2, 0) is 0 Å². The smallest absolute Gasteiger partial charge is 0.273 e. The third-order valence-corrected chi connectivity index (χ3v) is 3.19. The number of nitrogens with two attached hydrogens (primary N) is 1. The molecule has 0 amide bonds. The van der Waals surface area contributed by atoms with E-state index in [1.54, 1.807) is 12.6 Å². The van der Waals surface area contributed by atoms with Crippen LogP contribution in [-0.4, -0.2) is 17.1 Å². The monoisotopic (exact) mass is 227 g/mol. The first-order valence-corrected chi connectivity index (χ1v) is 5.76. The zero-order valence-electron chi connectivity index (χ0n) is 7.51. The molecular formula is C8H9N3OS2. The standard InChI is InChI=1S/C8H9N3OS2/c1-12-8-11-6(3-14-8)7(9)5-2-13-4-10-5/h2-4,7H,9H2,1H3. The molecule has 2 N–H and O–H groups in total. The molecule has 0 radical (unpaired) electrons. The molecule has 0 aromatic carbocycles. The highest BCUT2D eigenvalue weighted by Gasteiger charge is 2.14. The Labute approximate surface area is 89.4 Å². The van der Waals surface area contributed by atoms with Crippen LogP contribution in [0, 0.1) is 0 Å². The van der Waals surface area contributed by atoms with Gasteiger partial charge in [-0.25, -0.2) is 9.97 Å². The van der Waals surface area contributed by atoms with Crippen molar-refractivity contribution in [1.82, 2.24) is 9.97 Å². The van der Waals surface area contributed by atoms with Gasteiger partial charge in [0.1, 0.15) is 0 Å². The van der Waals surface area contributed by atoms with E-state index >= 15 is 0 Å². The lowest BCUT2D eigenvalue weighted by atomic mass is 10.2. The summed E-state index contributed by atoms with van der Waals surface area (Å²) in [5.74, 6) is 0. The maximum absolute atomic E-state index is 5.96. The van der Waals surface area contributed by atoms with E-state index in [0.29, 0.717) is 5.19 Å². The topological polar surface area (TPSA) is 61.0 Å². The minimum atomic E-state index is -0.249. The fraction of sp³-hybridized carbons (Fsp3) is 0.250. The lowest BCUT2D eigenvalue weighted by molar-refractivity contribution is 0.410. The number of hydrogen-bond acceptors (Lipinski definition) is 6. The van der Waals surface area contributed by atoms with Crippen LogP contribution >= 0.6 is 22.7 Å². The summed E-state index contributed by atoms with van der Waals surface area (Å²) in [5.41, 5.74) is 9.38. The van der Waals surface area contributed by atoms with Gasteiger partial charge in [0, 0.05) is 10.8 Å². The minimum absolute atomic E-state index is 0.249. The summed E-state index contributed by atoms with van der Waals surface area (Å²) in [7, 11) is 1.59. The van der Waals surface area contributed by atoms with E-state index < -0.39 is 0 Å². The van der Waals surface area contributed by atoms with Gasteiger partial charge < -0.3 is 10.5 Å². The van der Waals surface area contributed by atoms with Gasteiger partial charge >= 0.3 is 0 Å². The molecule has 0 aliphatic rings. The Morgan fingerprint density at radius 2 is 2.29 bits per heavy atom. The fourth-order valence-electron chi connectivity index (χ4n) is 1.03. The molecule has 4 nitrogen and oxygen atoms in total. The normalized spacial score (nSPS) is 12.7. The molecule has 0 fully saturated rings. The highest BCUT2D eigenvalue weighted by Crippen LogP contribution is 2.24. The van der Waals surface area contributed by atoms with Crippen molar-refractivity contribution in [3.8, 4) is 5.19 Å². The highest BCUT2D eigenvalue weighted by molar-refractivity contribution is 7.11. The predicted octanol–water partition coefficient (Wildman–Crippen LogP) is 1.66. The zero-order chi connectivity index (χ0) is 9.97. The van der Waals surface area contributed by atoms with Crippen molar-refractivity contribution in [2.24, 2.45) is 5.73 Å². The van der Waals surface area contributed by atoms with Gasteiger partial charge in [0.2, 0.25) is 0 Å². The van der Waals surface area contributed by atoms with Gasteiger partial charge in [-0.3, -0.25) is 0 Å². The van der Waals surface area contributed by atoms with E-state index in [4.69, 9.17) is 10.5 Å². The molecule has 0 aliphatic heterocycles. The van der Waals surface area contributed by atoms with Crippen molar-refractivity contribution in [2.45, 2.75) is 6.04 Å². The third kappa shape index (κ3) is 1.77. The number of ether oxygens (including phenoxy) is 1. The summed E-state index contributed by atoms with van der Waals surface area (Å²) in [6, 6.07) is -0.249. The molecule has 0 bridgehead atoms. The van der Waals surface area contributed by atoms with Gasteiger partial charge in [0.25, 0.3) is 5.19 Å². The number of nitrogens with zero attached hydrogens (tertiary/aromatic N) is 2. The van der Waals surface area contributed by atoms with Crippen molar-refractivity contribution in [3.63, 3.8) is 0 Å². The largest absolute Gasteiger partial charge is 0.473 e. The summed E-state index contributed by atoms with van der Waals surface area (Å²) in [5, 5.41) is 4.45. The molecule has 2 aromatic rings. The van der Waals surface area contributed by atoms with E-state index in [2.05, 4.69) is 9.97 Å². The first-order valence-electron chi connectivity index (χ1n) is 3.94. The second kappa shape index (κ2) is 4.04. The van der Waals surface area contributed by atoms with Crippen LogP contribution in [0.1, 0.15) is 17.4 Å². The molecule has 14 heavy (non-hydrogen) atoms. The minimum Gasteiger partial charge on any atom is -0.473 e. The van der Waals surface area contributed by atoms with Gasteiger partial charge in [-0.15, -0.1) is 11.3 Å². The van der Waals surface area contributed by atoms with Gasteiger partial charge in [0.15, 0.2) is 0 Å². The molecule has 2 rings (SSSR count). The summed E-state index contributed by atoms with van der Waals surface area (Å²) in [4.78, 5) is 8.37. The van der Waals surface area contributed by atoms with Crippen LogP contribution in [0.25, 0.3) is 0 Å². The Hall–Kier alpha value is -0.980. The van der Waals surface area contributed by atoms with Crippen molar-refractivity contribution >= 4 is 22.7 Å². The Morgan fingerprint density at radius 3 is 2.86 bits per heavy atom. The molecule has 1 unspecified atom stereocenters. The van der Waals surface area contributed by atoms with Crippen LogP contribution in [0.3, 0.4) is 0 Å². The van der Waals surface area contributed by atoms with Gasteiger partial charge in [-0.05, 0) is 0 Å². The van der Waals surface area contributed by atoms with Crippen molar-refractivity contribution in [1.29, 1.82) is 0 Å². The Bertz CT molecular complexity index is 398. The van der Waals surface area contributed by atoms with Crippen LogP contribution in [0.5, 0.6) is 5.19 Å². The van der Waals surface area contributed by atoms with Gasteiger partial charge in [-0.1, -0.05) is 11.3 Å². The van der Waals surface area contributed by atoms with E-state index in [-0.39, 0.29) is 6.04 Å². The molecular weight excluding hydrogens is 218 g/mol. The maximum Gasteiger partial charge on any atom is 0.273 e. The summed E-state index contributed by atoms with van der Waals surface area (Å²) >= 11 is 2.97. The highest BCUT2D eigenvalue weighted by atomic mass is 32.1. The first kappa shape index (κ1) is 9.57. The molecule has 0 aliphatic carbocycles.